The molecule has 2 amide bonds. The van der Waals surface area contributed by atoms with Crippen molar-refractivity contribution in [3.05, 3.63) is 88.4 Å². The predicted molar refractivity (Wildman–Crippen MR) is 121 cm³/mol. The summed E-state index contributed by atoms with van der Waals surface area (Å²) >= 11 is 6.06. The van der Waals surface area contributed by atoms with Gasteiger partial charge in [-0.1, -0.05) is 42.8 Å². The molecule has 0 saturated heterocycles. The third-order valence-electron chi connectivity index (χ3n) is 4.67. The molecule has 0 atom stereocenters. The molecule has 3 aromatic carbocycles. The van der Waals surface area contributed by atoms with Crippen molar-refractivity contribution in [2.75, 3.05) is 17.2 Å². The van der Waals surface area contributed by atoms with Crippen LogP contribution in [0, 0.1) is 6.92 Å². The topological polar surface area (TPSA) is 67.4 Å². The first kappa shape index (κ1) is 21.4. The van der Waals surface area contributed by atoms with Gasteiger partial charge in [0.2, 0.25) is 0 Å². The minimum absolute atomic E-state index is 0.151. The summed E-state index contributed by atoms with van der Waals surface area (Å²) in [7, 11) is 0. The Balaban J connectivity index is 1.56. The van der Waals surface area contributed by atoms with Crippen LogP contribution in [0.15, 0.2) is 66.7 Å². The number of rotatable bonds is 7. The van der Waals surface area contributed by atoms with Crippen molar-refractivity contribution in [2.24, 2.45) is 0 Å². The quantitative estimate of drug-likeness (QED) is 0.529. The highest BCUT2D eigenvalue weighted by Crippen LogP contribution is 2.23. The molecule has 0 aromatic heterocycles. The third-order valence-corrected chi connectivity index (χ3v) is 5.08. The molecule has 0 unspecified atom stereocenters. The van der Waals surface area contributed by atoms with Crippen LogP contribution >= 0.6 is 11.6 Å². The van der Waals surface area contributed by atoms with Crippen molar-refractivity contribution in [3.8, 4) is 5.75 Å². The number of halogens is 1. The summed E-state index contributed by atoms with van der Waals surface area (Å²) in [6.45, 7) is 3.73. The largest absolute Gasteiger partial charge is 0.484 e. The number of amides is 2. The molecular formula is C24H23ClN2O3. The smallest absolute Gasteiger partial charge is 0.262 e. The molecule has 3 aromatic rings. The van der Waals surface area contributed by atoms with Gasteiger partial charge in [-0.25, -0.2) is 0 Å². The van der Waals surface area contributed by atoms with Gasteiger partial charge in [0.1, 0.15) is 5.75 Å². The molecule has 0 saturated carbocycles. The van der Waals surface area contributed by atoms with Crippen LogP contribution in [-0.2, 0) is 11.2 Å². The van der Waals surface area contributed by atoms with Crippen molar-refractivity contribution in [1.29, 1.82) is 0 Å². The lowest BCUT2D eigenvalue weighted by atomic mass is 10.1. The minimum Gasteiger partial charge on any atom is -0.484 e. The number of carbonyl (C=O) groups excluding carboxylic acids is 2. The number of para-hydroxylation sites is 1. The van der Waals surface area contributed by atoms with Crippen LogP contribution in [0.25, 0.3) is 0 Å². The Labute approximate surface area is 181 Å². The Morgan fingerprint density at radius 3 is 2.33 bits per heavy atom. The minimum atomic E-state index is -0.293. The van der Waals surface area contributed by atoms with E-state index < -0.39 is 0 Å². The zero-order valence-corrected chi connectivity index (χ0v) is 17.6. The molecule has 0 aliphatic rings. The van der Waals surface area contributed by atoms with Crippen LogP contribution in [0.2, 0.25) is 5.02 Å². The van der Waals surface area contributed by atoms with Gasteiger partial charge in [0.05, 0.1) is 0 Å². The van der Waals surface area contributed by atoms with E-state index in [0.717, 1.165) is 23.2 Å². The van der Waals surface area contributed by atoms with E-state index in [1.165, 1.54) is 0 Å². The average Bonchev–Trinajstić information content (AvgIpc) is 2.76. The Kier molecular flexibility index (Phi) is 7.09. The molecule has 5 nitrogen and oxygen atoms in total. The summed E-state index contributed by atoms with van der Waals surface area (Å²) in [5.41, 5.74) is 3.83. The normalized spacial score (nSPS) is 10.4. The van der Waals surface area contributed by atoms with Crippen molar-refractivity contribution < 1.29 is 14.3 Å². The predicted octanol–water partition coefficient (Wildman–Crippen LogP) is 5.48. The maximum Gasteiger partial charge on any atom is 0.262 e. The second-order valence-electron chi connectivity index (χ2n) is 6.74. The SMILES string of the molecule is CCc1ccccc1NC(=O)c1ccc(OCC(=O)Nc2cccc(Cl)c2C)cc1. The van der Waals surface area contributed by atoms with Crippen LogP contribution < -0.4 is 15.4 Å². The van der Waals surface area contributed by atoms with E-state index in [2.05, 4.69) is 10.6 Å². The van der Waals surface area contributed by atoms with Gasteiger partial charge in [-0.05, 0) is 66.9 Å². The number of hydrogen-bond donors (Lipinski definition) is 2. The summed E-state index contributed by atoms with van der Waals surface area (Å²) in [5.74, 6) is 0.00783. The summed E-state index contributed by atoms with van der Waals surface area (Å²) in [5, 5.41) is 6.29. The van der Waals surface area contributed by atoms with Gasteiger partial charge in [0, 0.05) is 22.0 Å². The molecular weight excluding hydrogens is 400 g/mol. The molecule has 6 heteroatoms. The average molecular weight is 423 g/mol. The Morgan fingerprint density at radius 1 is 0.900 bits per heavy atom. The molecule has 154 valence electrons. The molecule has 30 heavy (non-hydrogen) atoms. The maximum absolute atomic E-state index is 12.5. The zero-order valence-electron chi connectivity index (χ0n) is 16.9. The van der Waals surface area contributed by atoms with Gasteiger partial charge >= 0.3 is 0 Å². The van der Waals surface area contributed by atoms with Gasteiger partial charge in [0.25, 0.3) is 11.8 Å². The van der Waals surface area contributed by atoms with Gasteiger partial charge in [-0.15, -0.1) is 0 Å². The molecule has 0 radical (unpaired) electrons. The van der Waals surface area contributed by atoms with E-state index in [1.54, 1.807) is 42.5 Å². The van der Waals surface area contributed by atoms with Crippen molar-refractivity contribution in [3.63, 3.8) is 0 Å². The molecule has 0 fully saturated rings. The highest BCUT2D eigenvalue weighted by Gasteiger charge is 2.10. The van der Waals surface area contributed by atoms with Crippen molar-refractivity contribution >= 4 is 34.8 Å². The first-order valence-electron chi connectivity index (χ1n) is 9.65. The van der Waals surface area contributed by atoms with E-state index in [0.29, 0.717) is 22.0 Å². The second-order valence-corrected chi connectivity index (χ2v) is 7.15. The first-order valence-corrected chi connectivity index (χ1v) is 10.0. The first-order chi connectivity index (χ1) is 14.5. The molecule has 3 rings (SSSR count). The van der Waals surface area contributed by atoms with Gasteiger partial charge in [-0.2, -0.15) is 0 Å². The monoisotopic (exact) mass is 422 g/mol. The number of nitrogens with one attached hydrogen (secondary N) is 2. The highest BCUT2D eigenvalue weighted by atomic mass is 35.5. The molecule has 0 bridgehead atoms. The molecule has 0 aliphatic carbocycles. The van der Waals surface area contributed by atoms with Crippen LogP contribution in [0.3, 0.4) is 0 Å². The number of hydrogen-bond acceptors (Lipinski definition) is 3. The summed E-state index contributed by atoms with van der Waals surface area (Å²) in [6.07, 6.45) is 0.833. The summed E-state index contributed by atoms with van der Waals surface area (Å²) in [4.78, 5) is 24.6. The lowest BCUT2D eigenvalue weighted by molar-refractivity contribution is -0.118. The lowest BCUT2D eigenvalue weighted by Gasteiger charge is -2.11. The van der Waals surface area contributed by atoms with E-state index in [9.17, 15) is 9.59 Å². The fourth-order valence-corrected chi connectivity index (χ4v) is 3.10. The van der Waals surface area contributed by atoms with E-state index in [-0.39, 0.29) is 18.4 Å². The lowest BCUT2D eigenvalue weighted by Crippen LogP contribution is -2.20. The Bertz CT molecular complexity index is 1050. The van der Waals surface area contributed by atoms with Crippen LogP contribution in [0.5, 0.6) is 5.75 Å². The van der Waals surface area contributed by atoms with Crippen molar-refractivity contribution in [1.82, 2.24) is 0 Å². The molecule has 0 heterocycles. The third kappa shape index (κ3) is 5.39. The summed E-state index contributed by atoms with van der Waals surface area (Å²) < 4.78 is 5.52. The van der Waals surface area contributed by atoms with Gasteiger partial charge in [0.15, 0.2) is 6.61 Å². The number of ether oxygens (including phenoxy) is 1. The van der Waals surface area contributed by atoms with Gasteiger partial charge < -0.3 is 15.4 Å². The maximum atomic E-state index is 12.5. The van der Waals surface area contributed by atoms with Gasteiger partial charge in [-0.3, -0.25) is 9.59 Å². The van der Waals surface area contributed by atoms with Crippen LogP contribution in [-0.4, -0.2) is 18.4 Å². The summed E-state index contributed by atoms with van der Waals surface area (Å²) in [6, 6.07) is 19.7. The number of anilines is 2. The standard InChI is InChI=1S/C24H23ClN2O3/c1-3-17-7-4-5-9-22(17)27-24(29)18-11-13-19(14-12-18)30-15-23(28)26-21-10-6-8-20(25)16(21)2/h4-14H,3,15H2,1-2H3,(H,26,28)(H,27,29). The Morgan fingerprint density at radius 2 is 1.60 bits per heavy atom. The number of carbonyl (C=O) groups is 2. The second kappa shape index (κ2) is 9.94. The van der Waals surface area contributed by atoms with Crippen molar-refractivity contribution in [2.45, 2.75) is 20.3 Å². The van der Waals surface area contributed by atoms with E-state index >= 15 is 0 Å². The fourth-order valence-electron chi connectivity index (χ4n) is 2.93. The van der Waals surface area contributed by atoms with E-state index in [1.807, 2.05) is 38.1 Å². The fraction of sp³-hybridized carbons (Fsp3) is 0.167. The molecule has 2 N–H and O–H groups in total. The zero-order chi connectivity index (χ0) is 21.5. The molecule has 0 aliphatic heterocycles. The highest BCUT2D eigenvalue weighted by molar-refractivity contribution is 6.31. The van der Waals surface area contributed by atoms with Crippen LogP contribution in [0.1, 0.15) is 28.4 Å². The van der Waals surface area contributed by atoms with Crippen LogP contribution in [0.4, 0.5) is 11.4 Å². The van der Waals surface area contributed by atoms with E-state index in [4.69, 9.17) is 16.3 Å². The number of aryl methyl sites for hydroxylation is 1. The Hall–Kier alpha value is -3.31. The molecule has 0 spiro atoms. The number of benzene rings is 3.